The van der Waals surface area contributed by atoms with Gasteiger partial charge in [-0.15, -0.1) is 0 Å². The summed E-state index contributed by atoms with van der Waals surface area (Å²) in [6.45, 7) is 3.08. The third kappa shape index (κ3) is 3.39. The number of nitrogens with one attached hydrogen (secondary N) is 1. The molecule has 0 spiro atoms. The number of aromatic amines is 1. The number of hydrogen-bond donors (Lipinski definition) is 1. The highest BCUT2D eigenvalue weighted by molar-refractivity contribution is 7.88. The number of piperidine rings is 1. The van der Waals surface area contributed by atoms with Gasteiger partial charge in [-0.1, -0.05) is 30.3 Å². The molecule has 0 radical (unpaired) electrons. The Morgan fingerprint density at radius 3 is 2.77 bits per heavy atom. The van der Waals surface area contributed by atoms with Crippen LogP contribution >= 0.6 is 0 Å². The number of rotatable bonds is 4. The standard InChI is InChI=1S/C16H21N3O2S/c1-13-10-17-16(18-13)15-8-5-9-19(11-15)22(20,21)12-14-6-3-2-4-7-14/h2-4,6-7,10,15H,5,8-9,11-12H2,1H3,(H,17,18). The summed E-state index contributed by atoms with van der Waals surface area (Å²) in [7, 11) is -3.28. The van der Waals surface area contributed by atoms with Gasteiger partial charge in [-0.2, -0.15) is 0 Å². The van der Waals surface area contributed by atoms with Crippen LogP contribution in [0.3, 0.4) is 0 Å². The average Bonchev–Trinajstić information content (AvgIpc) is 2.95. The van der Waals surface area contributed by atoms with Crippen molar-refractivity contribution in [2.75, 3.05) is 13.1 Å². The maximum atomic E-state index is 12.6. The molecule has 118 valence electrons. The van der Waals surface area contributed by atoms with Gasteiger partial charge in [0.05, 0.1) is 5.75 Å². The van der Waals surface area contributed by atoms with Crippen molar-refractivity contribution in [1.82, 2.24) is 14.3 Å². The summed E-state index contributed by atoms with van der Waals surface area (Å²) in [4.78, 5) is 7.60. The SMILES string of the molecule is Cc1cnc(C2CCCN(S(=O)(=O)Cc3ccccc3)C2)[nH]1. The van der Waals surface area contributed by atoms with Crippen molar-refractivity contribution < 1.29 is 8.42 Å². The zero-order valence-corrected chi connectivity index (χ0v) is 13.5. The van der Waals surface area contributed by atoms with Crippen LogP contribution in [0.4, 0.5) is 0 Å². The molecule has 1 aromatic carbocycles. The summed E-state index contributed by atoms with van der Waals surface area (Å²) < 4.78 is 26.9. The number of aryl methyl sites for hydroxylation is 1. The van der Waals surface area contributed by atoms with Gasteiger partial charge in [-0.3, -0.25) is 0 Å². The van der Waals surface area contributed by atoms with Gasteiger partial charge in [0.1, 0.15) is 5.82 Å². The van der Waals surface area contributed by atoms with Crippen LogP contribution in [0.1, 0.15) is 35.8 Å². The van der Waals surface area contributed by atoms with Gasteiger partial charge in [0.25, 0.3) is 0 Å². The number of imidazole rings is 1. The smallest absolute Gasteiger partial charge is 0.218 e. The highest BCUT2D eigenvalue weighted by Gasteiger charge is 2.30. The minimum Gasteiger partial charge on any atom is -0.346 e. The molecule has 2 aromatic rings. The lowest BCUT2D eigenvalue weighted by atomic mass is 9.99. The zero-order valence-electron chi connectivity index (χ0n) is 12.7. The van der Waals surface area contributed by atoms with Crippen LogP contribution in [0.2, 0.25) is 0 Å². The minimum atomic E-state index is -3.28. The summed E-state index contributed by atoms with van der Waals surface area (Å²) in [6, 6.07) is 9.35. The van der Waals surface area contributed by atoms with Crippen LogP contribution in [0, 0.1) is 6.92 Å². The number of sulfonamides is 1. The molecule has 0 amide bonds. The van der Waals surface area contributed by atoms with Crippen LogP contribution in [0.5, 0.6) is 0 Å². The zero-order chi connectivity index (χ0) is 15.6. The van der Waals surface area contributed by atoms with Gasteiger partial charge in [0, 0.05) is 30.9 Å². The maximum absolute atomic E-state index is 12.6. The van der Waals surface area contributed by atoms with Crippen molar-refractivity contribution in [2.24, 2.45) is 0 Å². The lowest BCUT2D eigenvalue weighted by Gasteiger charge is -2.31. The molecule has 6 heteroatoms. The fourth-order valence-corrected chi connectivity index (χ4v) is 4.55. The molecule has 5 nitrogen and oxygen atoms in total. The molecule has 1 aliphatic heterocycles. The number of hydrogen-bond acceptors (Lipinski definition) is 3. The summed E-state index contributed by atoms with van der Waals surface area (Å²) in [5.41, 5.74) is 1.85. The highest BCUT2D eigenvalue weighted by Crippen LogP contribution is 2.27. The minimum absolute atomic E-state index is 0.0672. The van der Waals surface area contributed by atoms with Crippen LogP contribution in [-0.4, -0.2) is 35.8 Å². The summed E-state index contributed by atoms with van der Waals surface area (Å²) in [5.74, 6) is 1.13. The lowest BCUT2D eigenvalue weighted by Crippen LogP contribution is -2.40. The van der Waals surface area contributed by atoms with Crippen molar-refractivity contribution in [3.05, 3.63) is 53.6 Å². The molecule has 2 heterocycles. The van der Waals surface area contributed by atoms with Crippen LogP contribution in [-0.2, 0) is 15.8 Å². The second kappa shape index (κ2) is 6.22. The summed E-state index contributed by atoms with van der Waals surface area (Å²) in [6.07, 6.45) is 3.65. The highest BCUT2D eigenvalue weighted by atomic mass is 32.2. The van der Waals surface area contributed by atoms with E-state index < -0.39 is 10.0 Å². The Morgan fingerprint density at radius 1 is 1.32 bits per heavy atom. The van der Waals surface area contributed by atoms with Crippen molar-refractivity contribution in [3.8, 4) is 0 Å². The molecule has 1 aliphatic rings. The Labute approximate surface area is 131 Å². The molecule has 3 rings (SSSR count). The Hall–Kier alpha value is -1.66. The number of H-pyrrole nitrogens is 1. The van der Waals surface area contributed by atoms with E-state index >= 15 is 0 Å². The molecule has 0 bridgehead atoms. The third-order valence-corrected chi connectivity index (χ3v) is 5.90. The molecule has 1 aromatic heterocycles. The van der Waals surface area contributed by atoms with Gasteiger partial charge < -0.3 is 4.98 Å². The van der Waals surface area contributed by atoms with E-state index in [2.05, 4.69) is 9.97 Å². The van der Waals surface area contributed by atoms with E-state index in [1.807, 2.05) is 37.3 Å². The first-order chi connectivity index (χ1) is 10.5. The molecule has 1 atom stereocenters. The first-order valence-electron chi connectivity index (χ1n) is 7.58. The number of nitrogens with zero attached hydrogens (tertiary/aromatic N) is 2. The largest absolute Gasteiger partial charge is 0.346 e. The van der Waals surface area contributed by atoms with Crippen molar-refractivity contribution in [3.63, 3.8) is 0 Å². The molecular weight excluding hydrogens is 298 g/mol. The molecule has 0 saturated carbocycles. The van der Waals surface area contributed by atoms with Crippen LogP contribution < -0.4 is 0 Å². The molecule has 1 unspecified atom stereocenters. The fourth-order valence-electron chi connectivity index (χ4n) is 2.93. The van der Waals surface area contributed by atoms with Crippen LogP contribution in [0.15, 0.2) is 36.5 Å². The van der Waals surface area contributed by atoms with Gasteiger partial charge in [0.15, 0.2) is 0 Å². The summed E-state index contributed by atoms with van der Waals surface area (Å²) in [5, 5.41) is 0. The normalized spacial score (nSPS) is 20.1. The van der Waals surface area contributed by atoms with Crippen molar-refractivity contribution in [1.29, 1.82) is 0 Å². The van der Waals surface area contributed by atoms with Gasteiger partial charge in [-0.25, -0.2) is 17.7 Å². The second-order valence-electron chi connectivity index (χ2n) is 5.89. The van der Waals surface area contributed by atoms with Gasteiger partial charge >= 0.3 is 0 Å². The lowest BCUT2D eigenvalue weighted by molar-refractivity contribution is 0.309. The van der Waals surface area contributed by atoms with E-state index in [0.717, 1.165) is 29.9 Å². The number of aromatic nitrogens is 2. The Balaban J connectivity index is 1.73. The predicted octanol–water partition coefficient (Wildman–Crippen LogP) is 2.43. The van der Waals surface area contributed by atoms with Gasteiger partial charge in [-0.05, 0) is 25.3 Å². The first-order valence-corrected chi connectivity index (χ1v) is 9.19. The molecule has 22 heavy (non-hydrogen) atoms. The van der Waals surface area contributed by atoms with E-state index in [1.54, 1.807) is 10.5 Å². The van der Waals surface area contributed by atoms with E-state index in [-0.39, 0.29) is 11.7 Å². The molecule has 1 N–H and O–H groups in total. The Morgan fingerprint density at radius 2 is 2.09 bits per heavy atom. The van der Waals surface area contributed by atoms with E-state index in [0.29, 0.717) is 13.1 Å². The first kappa shape index (κ1) is 15.2. The Kier molecular flexibility index (Phi) is 4.31. The predicted molar refractivity (Wildman–Crippen MR) is 85.9 cm³/mol. The van der Waals surface area contributed by atoms with Crippen LogP contribution in [0.25, 0.3) is 0 Å². The van der Waals surface area contributed by atoms with E-state index in [4.69, 9.17) is 0 Å². The molecule has 1 fully saturated rings. The average molecular weight is 319 g/mol. The molecular formula is C16H21N3O2S. The van der Waals surface area contributed by atoms with Crippen molar-refractivity contribution in [2.45, 2.75) is 31.4 Å². The third-order valence-electron chi connectivity index (χ3n) is 4.08. The topological polar surface area (TPSA) is 66.1 Å². The number of benzene rings is 1. The molecule has 0 aliphatic carbocycles. The second-order valence-corrected chi connectivity index (χ2v) is 7.86. The van der Waals surface area contributed by atoms with E-state index in [9.17, 15) is 8.42 Å². The maximum Gasteiger partial charge on any atom is 0.218 e. The van der Waals surface area contributed by atoms with Gasteiger partial charge in [0.2, 0.25) is 10.0 Å². The van der Waals surface area contributed by atoms with Crippen molar-refractivity contribution >= 4 is 10.0 Å². The van der Waals surface area contributed by atoms with E-state index in [1.165, 1.54) is 0 Å². The quantitative estimate of drug-likeness (QED) is 0.941. The Bertz CT molecular complexity index is 725. The monoisotopic (exact) mass is 319 g/mol. The summed E-state index contributed by atoms with van der Waals surface area (Å²) >= 11 is 0. The molecule has 1 saturated heterocycles. The fraction of sp³-hybridized carbons (Fsp3) is 0.438.